The molecule has 1 aliphatic rings. The summed E-state index contributed by atoms with van der Waals surface area (Å²) in [6, 6.07) is 10.3. The van der Waals surface area contributed by atoms with E-state index >= 15 is 0 Å². The summed E-state index contributed by atoms with van der Waals surface area (Å²) in [4.78, 5) is 16.3. The van der Waals surface area contributed by atoms with Gasteiger partial charge in [0.15, 0.2) is 0 Å². The van der Waals surface area contributed by atoms with Crippen LogP contribution in [0.1, 0.15) is 12.1 Å². The first kappa shape index (κ1) is 22.5. The number of nitrogens with zero attached hydrogens (tertiary/aromatic N) is 1. The zero-order valence-electron chi connectivity index (χ0n) is 13.7. The number of ether oxygens (including phenoxy) is 1. The maximum absolute atomic E-state index is 12.1. The Bertz CT molecular complexity index is 719. The second-order valence-electron chi connectivity index (χ2n) is 5.59. The SMILES string of the molecule is Cl.Cl.O=C(Nc1ccc(OCc2ccccn2)c(Cl)c1)C1CC(O)CN1. The van der Waals surface area contributed by atoms with Crippen LogP contribution in [0.15, 0.2) is 42.6 Å². The Balaban J connectivity index is 0.00000169. The van der Waals surface area contributed by atoms with Crippen LogP contribution in [0.5, 0.6) is 5.75 Å². The topological polar surface area (TPSA) is 83.5 Å². The van der Waals surface area contributed by atoms with Gasteiger partial charge in [0.25, 0.3) is 0 Å². The van der Waals surface area contributed by atoms with Gasteiger partial charge in [-0.3, -0.25) is 9.78 Å². The molecule has 0 spiro atoms. The number of carbonyl (C=O) groups excluding carboxylic acids is 1. The van der Waals surface area contributed by atoms with E-state index < -0.39 is 6.10 Å². The number of β-amino-alcohol motifs (C(OH)–C–C–N with tert-alkyl or cyclic N) is 1. The van der Waals surface area contributed by atoms with Crippen LogP contribution in [-0.2, 0) is 11.4 Å². The second-order valence-corrected chi connectivity index (χ2v) is 6.00. The molecular formula is C17H20Cl3N3O3. The fourth-order valence-corrected chi connectivity index (χ4v) is 2.71. The summed E-state index contributed by atoms with van der Waals surface area (Å²) in [5, 5.41) is 15.6. The summed E-state index contributed by atoms with van der Waals surface area (Å²) in [5.41, 5.74) is 1.38. The zero-order chi connectivity index (χ0) is 16.9. The molecule has 1 fully saturated rings. The Morgan fingerprint density at radius 1 is 1.35 bits per heavy atom. The molecule has 0 aliphatic carbocycles. The molecular weight excluding hydrogens is 401 g/mol. The van der Waals surface area contributed by atoms with Crippen molar-refractivity contribution in [2.45, 2.75) is 25.2 Å². The number of pyridine rings is 1. The van der Waals surface area contributed by atoms with E-state index in [0.29, 0.717) is 36.0 Å². The van der Waals surface area contributed by atoms with Crippen molar-refractivity contribution in [3.05, 3.63) is 53.3 Å². The number of benzene rings is 1. The van der Waals surface area contributed by atoms with Crippen molar-refractivity contribution < 1.29 is 14.6 Å². The van der Waals surface area contributed by atoms with Crippen LogP contribution >= 0.6 is 36.4 Å². The molecule has 1 aromatic heterocycles. The molecule has 1 aliphatic heterocycles. The fraction of sp³-hybridized carbons (Fsp3) is 0.294. The number of rotatable bonds is 5. The third kappa shape index (κ3) is 6.00. The summed E-state index contributed by atoms with van der Waals surface area (Å²) >= 11 is 6.21. The molecule has 0 radical (unpaired) electrons. The van der Waals surface area contributed by atoms with Gasteiger partial charge in [0.1, 0.15) is 12.4 Å². The highest BCUT2D eigenvalue weighted by Crippen LogP contribution is 2.28. The Kier molecular flexibility index (Phi) is 9.12. The molecule has 1 saturated heterocycles. The number of hydrogen-bond acceptors (Lipinski definition) is 5. The smallest absolute Gasteiger partial charge is 0.241 e. The minimum Gasteiger partial charge on any atom is -0.486 e. The van der Waals surface area contributed by atoms with Gasteiger partial charge in [0, 0.05) is 18.4 Å². The Hall–Kier alpha value is -1.57. The van der Waals surface area contributed by atoms with Gasteiger partial charge in [-0.05, 0) is 36.8 Å². The van der Waals surface area contributed by atoms with Gasteiger partial charge in [-0.2, -0.15) is 0 Å². The standard InChI is InChI=1S/C17H18ClN3O3.2ClH/c18-14-7-11(21-17(23)15-8-13(22)9-20-15)4-5-16(14)24-10-12-3-1-2-6-19-12;;/h1-7,13,15,20,22H,8-10H2,(H,21,23);2*1H. The van der Waals surface area contributed by atoms with E-state index in [1.807, 2.05) is 18.2 Å². The van der Waals surface area contributed by atoms with Crippen LogP contribution in [-0.4, -0.2) is 34.7 Å². The van der Waals surface area contributed by atoms with E-state index in [1.54, 1.807) is 24.4 Å². The van der Waals surface area contributed by atoms with Crippen molar-refractivity contribution >= 4 is 48.0 Å². The van der Waals surface area contributed by atoms with Gasteiger partial charge in [-0.25, -0.2) is 0 Å². The van der Waals surface area contributed by atoms with Gasteiger partial charge in [-0.15, -0.1) is 24.8 Å². The summed E-state index contributed by atoms with van der Waals surface area (Å²) in [6.07, 6.45) is 1.63. The lowest BCUT2D eigenvalue weighted by molar-refractivity contribution is -0.117. The Morgan fingerprint density at radius 3 is 2.77 bits per heavy atom. The van der Waals surface area contributed by atoms with Crippen molar-refractivity contribution in [3.63, 3.8) is 0 Å². The largest absolute Gasteiger partial charge is 0.486 e. The lowest BCUT2D eigenvalue weighted by atomic mass is 10.2. The molecule has 0 saturated carbocycles. The van der Waals surface area contributed by atoms with Crippen molar-refractivity contribution in [1.29, 1.82) is 0 Å². The normalized spacial score (nSPS) is 18.4. The van der Waals surface area contributed by atoms with E-state index in [0.717, 1.165) is 5.69 Å². The van der Waals surface area contributed by atoms with E-state index in [2.05, 4.69) is 15.6 Å². The van der Waals surface area contributed by atoms with Crippen LogP contribution in [0.4, 0.5) is 5.69 Å². The summed E-state index contributed by atoms with van der Waals surface area (Å²) < 4.78 is 5.64. The van der Waals surface area contributed by atoms with Crippen molar-refractivity contribution in [1.82, 2.24) is 10.3 Å². The van der Waals surface area contributed by atoms with Crippen molar-refractivity contribution in [3.8, 4) is 5.75 Å². The first-order valence-electron chi connectivity index (χ1n) is 7.66. The maximum atomic E-state index is 12.1. The molecule has 2 aromatic rings. The van der Waals surface area contributed by atoms with E-state index in [9.17, 15) is 9.90 Å². The fourth-order valence-electron chi connectivity index (χ4n) is 2.48. The van der Waals surface area contributed by atoms with E-state index in [1.165, 1.54) is 0 Å². The Labute approximate surface area is 169 Å². The van der Waals surface area contributed by atoms with Crippen molar-refractivity contribution in [2.75, 3.05) is 11.9 Å². The number of carbonyl (C=O) groups is 1. The summed E-state index contributed by atoms with van der Waals surface area (Å²) in [5.74, 6) is 0.333. The lowest BCUT2D eigenvalue weighted by Gasteiger charge is -2.13. The number of amides is 1. The summed E-state index contributed by atoms with van der Waals surface area (Å²) in [7, 11) is 0. The van der Waals surface area contributed by atoms with Crippen LogP contribution in [0.25, 0.3) is 0 Å². The second kappa shape index (κ2) is 10.5. The van der Waals surface area contributed by atoms with E-state index in [4.69, 9.17) is 16.3 Å². The van der Waals surface area contributed by atoms with Crippen molar-refractivity contribution in [2.24, 2.45) is 0 Å². The minimum atomic E-state index is -0.480. The number of aromatic nitrogens is 1. The average Bonchev–Trinajstić information content (AvgIpc) is 3.02. The molecule has 3 N–H and O–H groups in total. The van der Waals surface area contributed by atoms with Gasteiger partial charge < -0.3 is 20.5 Å². The third-order valence-corrected chi connectivity index (χ3v) is 4.02. The highest BCUT2D eigenvalue weighted by molar-refractivity contribution is 6.32. The van der Waals surface area contributed by atoms with Crippen LogP contribution in [0.2, 0.25) is 5.02 Å². The lowest BCUT2D eigenvalue weighted by Crippen LogP contribution is -2.35. The molecule has 2 unspecified atom stereocenters. The highest BCUT2D eigenvalue weighted by Gasteiger charge is 2.28. The predicted octanol–water partition coefficient (Wildman–Crippen LogP) is 2.82. The quantitative estimate of drug-likeness (QED) is 0.693. The molecule has 26 heavy (non-hydrogen) atoms. The van der Waals surface area contributed by atoms with Gasteiger partial charge in [0.05, 0.1) is 22.9 Å². The molecule has 1 aromatic carbocycles. The number of halogens is 3. The Morgan fingerprint density at radius 2 is 2.15 bits per heavy atom. The highest BCUT2D eigenvalue weighted by atomic mass is 35.5. The molecule has 2 heterocycles. The van der Waals surface area contributed by atoms with Gasteiger partial charge >= 0.3 is 0 Å². The number of hydrogen-bond donors (Lipinski definition) is 3. The van der Waals surface area contributed by atoms with Crippen LogP contribution in [0.3, 0.4) is 0 Å². The average molecular weight is 421 g/mol. The monoisotopic (exact) mass is 419 g/mol. The number of aliphatic hydroxyl groups excluding tert-OH is 1. The predicted molar refractivity (Wildman–Crippen MR) is 106 cm³/mol. The summed E-state index contributed by atoms with van der Waals surface area (Å²) in [6.45, 7) is 0.745. The minimum absolute atomic E-state index is 0. The van der Waals surface area contributed by atoms with Gasteiger partial charge in [0.2, 0.25) is 5.91 Å². The number of anilines is 1. The third-order valence-electron chi connectivity index (χ3n) is 3.73. The number of nitrogens with one attached hydrogen (secondary N) is 2. The van der Waals surface area contributed by atoms with E-state index in [-0.39, 0.29) is 36.8 Å². The zero-order valence-corrected chi connectivity index (χ0v) is 16.1. The number of aliphatic hydroxyl groups is 1. The molecule has 3 rings (SSSR count). The maximum Gasteiger partial charge on any atom is 0.241 e. The first-order valence-corrected chi connectivity index (χ1v) is 8.04. The molecule has 9 heteroatoms. The van der Waals surface area contributed by atoms with Crippen LogP contribution < -0.4 is 15.4 Å². The molecule has 1 amide bonds. The van der Waals surface area contributed by atoms with Crippen LogP contribution in [0, 0.1) is 0 Å². The molecule has 2 atom stereocenters. The molecule has 0 bridgehead atoms. The molecule has 142 valence electrons. The first-order chi connectivity index (χ1) is 11.6. The van der Waals surface area contributed by atoms with Gasteiger partial charge in [-0.1, -0.05) is 17.7 Å². The molecule has 6 nitrogen and oxygen atoms in total.